The molecule has 6 aromatic carbocycles. The molecular weight excluding hydrogens is 550 g/mol. The lowest BCUT2D eigenvalue weighted by molar-refractivity contribution is 0.669. The standard InChI is InChI=1S/C41H27N3O/c1-2-11-29(12-3-1)43(30-23-21-28(22-24-30)36-26-42-27-37-35-17-6-9-20-40(35)45-41(36)37)31-13-10-14-32(25-31)44-38-18-7-4-15-33(38)34-16-5-8-19-39(34)44/h1-27H. The lowest BCUT2D eigenvalue weighted by Crippen LogP contribution is -2.10. The van der Waals surface area contributed by atoms with Crippen molar-refractivity contribution < 1.29 is 4.42 Å². The second-order valence-corrected chi connectivity index (χ2v) is 11.3. The molecule has 3 heterocycles. The van der Waals surface area contributed by atoms with E-state index in [0.717, 1.165) is 55.8 Å². The Morgan fingerprint density at radius 2 is 1.11 bits per heavy atom. The van der Waals surface area contributed by atoms with Crippen LogP contribution in [-0.4, -0.2) is 9.55 Å². The number of anilines is 3. The molecule has 0 atom stereocenters. The lowest BCUT2D eigenvalue weighted by Gasteiger charge is -2.26. The summed E-state index contributed by atoms with van der Waals surface area (Å²) in [5, 5.41) is 4.61. The molecule has 0 bridgehead atoms. The zero-order valence-corrected chi connectivity index (χ0v) is 24.3. The van der Waals surface area contributed by atoms with Crippen LogP contribution in [0.25, 0.3) is 60.6 Å². The predicted octanol–water partition coefficient (Wildman–Crippen LogP) is 11.2. The number of furan rings is 1. The minimum Gasteiger partial charge on any atom is -0.455 e. The highest BCUT2D eigenvalue weighted by Gasteiger charge is 2.17. The highest BCUT2D eigenvalue weighted by atomic mass is 16.3. The van der Waals surface area contributed by atoms with E-state index >= 15 is 0 Å². The molecular formula is C41H27N3O. The fourth-order valence-corrected chi connectivity index (χ4v) is 6.63. The van der Waals surface area contributed by atoms with Gasteiger partial charge in [0, 0.05) is 62.3 Å². The molecule has 4 heteroatoms. The van der Waals surface area contributed by atoms with Crippen molar-refractivity contribution in [1.82, 2.24) is 9.55 Å². The molecule has 0 saturated carbocycles. The summed E-state index contributed by atoms with van der Waals surface area (Å²) in [6.45, 7) is 0. The number of hydrogen-bond donors (Lipinski definition) is 0. The minimum absolute atomic E-state index is 0.859. The monoisotopic (exact) mass is 577 g/mol. The van der Waals surface area contributed by atoms with Gasteiger partial charge in [-0.15, -0.1) is 0 Å². The molecule has 0 aliphatic heterocycles. The Kier molecular flexibility index (Phi) is 5.78. The smallest absolute Gasteiger partial charge is 0.146 e. The Hall–Kier alpha value is -6.13. The van der Waals surface area contributed by atoms with Crippen LogP contribution in [0.3, 0.4) is 0 Å². The molecule has 9 rings (SSSR count). The number of hydrogen-bond acceptors (Lipinski definition) is 3. The maximum absolute atomic E-state index is 6.31. The number of nitrogens with zero attached hydrogens (tertiary/aromatic N) is 3. The number of benzene rings is 6. The fourth-order valence-electron chi connectivity index (χ4n) is 6.63. The average Bonchev–Trinajstić information content (AvgIpc) is 3.66. The molecule has 0 unspecified atom stereocenters. The van der Waals surface area contributed by atoms with E-state index in [1.807, 2.05) is 30.6 Å². The second-order valence-electron chi connectivity index (χ2n) is 11.3. The highest BCUT2D eigenvalue weighted by molar-refractivity contribution is 6.10. The zero-order valence-electron chi connectivity index (χ0n) is 24.3. The van der Waals surface area contributed by atoms with Gasteiger partial charge in [-0.2, -0.15) is 0 Å². The number of aromatic nitrogens is 2. The topological polar surface area (TPSA) is 34.2 Å². The summed E-state index contributed by atoms with van der Waals surface area (Å²) in [5.74, 6) is 0. The van der Waals surface area contributed by atoms with Crippen molar-refractivity contribution >= 4 is 60.8 Å². The first-order valence-corrected chi connectivity index (χ1v) is 15.1. The molecule has 0 spiro atoms. The first-order valence-electron chi connectivity index (χ1n) is 15.1. The summed E-state index contributed by atoms with van der Waals surface area (Å²) in [6, 6.07) is 53.4. The molecule has 0 saturated heterocycles. The van der Waals surface area contributed by atoms with Crippen LogP contribution in [0, 0.1) is 0 Å². The summed E-state index contributed by atoms with van der Waals surface area (Å²) in [7, 11) is 0. The van der Waals surface area contributed by atoms with Crippen molar-refractivity contribution in [3.63, 3.8) is 0 Å². The third-order valence-corrected chi connectivity index (χ3v) is 8.66. The van der Waals surface area contributed by atoms with Crippen LogP contribution in [-0.2, 0) is 0 Å². The van der Waals surface area contributed by atoms with Crippen LogP contribution in [0.4, 0.5) is 17.1 Å². The van der Waals surface area contributed by atoms with Crippen molar-refractivity contribution in [3.8, 4) is 16.8 Å². The largest absolute Gasteiger partial charge is 0.455 e. The Morgan fingerprint density at radius 1 is 0.489 bits per heavy atom. The predicted molar refractivity (Wildman–Crippen MR) is 186 cm³/mol. The van der Waals surface area contributed by atoms with Crippen molar-refractivity contribution in [2.24, 2.45) is 0 Å². The Labute approximate surface area is 260 Å². The van der Waals surface area contributed by atoms with Crippen molar-refractivity contribution in [3.05, 3.63) is 164 Å². The van der Waals surface area contributed by atoms with Gasteiger partial charge in [0.25, 0.3) is 0 Å². The van der Waals surface area contributed by atoms with Gasteiger partial charge >= 0.3 is 0 Å². The number of fused-ring (bicyclic) bond motifs is 6. The Balaban J connectivity index is 1.17. The molecule has 3 aromatic heterocycles. The van der Waals surface area contributed by atoms with Crippen LogP contribution in [0.5, 0.6) is 0 Å². The molecule has 0 aliphatic carbocycles. The summed E-state index contributed by atoms with van der Waals surface area (Å²) in [4.78, 5) is 6.88. The summed E-state index contributed by atoms with van der Waals surface area (Å²) < 4.78 is 8.67. The van der Waals surface area contributed by atoms with Crippen molar-refractivity contribution in [2.45, 2.75) is 0 Å². The van der Waals surface area contributed by atoms with E-state index in [-0.39, 0.29) is 0 Å². The minimum atomic E-state index is 0.859. The summed E-state index contributed by atoms with van der Waals surface area (Å²) >= 11 is 0. The molecule has 0 fully saturated rings. The van der Waals surface area contributed by atoms with Gasteiger partial charge in [-0.1, -0.05) is 91.0 Å². The van der Waals surface area contributed by atoms with E-state index in [1.165, 1.54) is 21.8 Å². The summed E-state index contributed by atoms with van der Waals surface area (Å²) in [6.07, 6.45) is 3.78. The molecule has 0 amide bonds. The van der Waals surface area contributed by atoms with Gasteiger partial charge in [0.15, 0.2) is 0 Å². The first kappa shape index (κ1) is 25.4. The summed E-state index contributed by atoms with van der Waals surface area (Å²) in [5.41, 5.74) is 10.5. The van der Waals surface area contributed by atoms with E-state index in [0.29, 0.717) is 0 Å². The molecule has 0 aliphatic rings. The van der Waals surface area contributed by atoms with Gasteiger partial charge < -0.3 is 13.9 Å². The van der Waals surface area contributed by atoms with Crippen LogP contribution in [0.15, 0.2) is 168 Å². The van der Waals surface area contributed by atoms with E-state index < -0.39 is 0 Å². The molecule has 45 heavy (non-hydrogen) atoms. The normalized spacial score (nSPS) is 11.6. The second kappa shape index (κ2) is 10.2. The van der Waals surface area contributed by atoms with Gasteiger partial charge in [-0.25, -0.2) is 0 Å². The SMILES string of the molecule is c1ccc(N(c2ccc(-c3cncc4c3oc3ccccc34)cc2)c2cccc(-n3c4ccccc4c4ccccc43)c2)cc1. The van der Waals surface area contributed by atoms with Gasteiger partial charge in [0.1, 0.15) is 11.2 Å². The van der Waals surface area contributed by atoms with E-state index in [4.69, 9.17) is 4.42 Å². The number of rotatable bonds is 5. The Morgan fingerprint density at radius 3 is 1.87 bits per heavy atom. The van der Waals surface area contributed by atoms with Crippen molar-refractivity contribution in [2.75, 3.05) is 4.90 Å². The van der Waals surface area contributed by atoms with E-state index in [2.05, 4.69) is 148 Å². The van der Waals surface area contributed by atoms with Gasteiger partial charge in [0.2, 0.25) is 0 Å². The molecule has 4 nitrogen and oxygen atoms in total. The average molecular weight is 578 g/mol. The zero-order chi connectivity index (χ0) is 29.7. The molecule has 9 aromatic rings. The first-order chi connectivity index (χ1) is 22.3. The van der Waals surface area contributed by atoms with Crippen LogP contribution in [0.2, 0.25) is 0 Å². The maximum Gasteiger partial charge on any atom is 0.146 e. The van der Waals surface area contributed by atoms with E-state index in [9.17, 15) is 0 Å². The van der Waals surface area contributed by atoms with Gasteiger partial charge in [-0.05, 0) is 66.2 Å². The Bertz CT molecular complexity index is 2440. The fraction of sp³-hybridized carbons (Fsp3) is 0. The lowest BCUT2D eigenvalue weighted by atomic mass is 10.0. The van der Waals surface area contributed by atoms with Crippen LogP contribution in [0.1, 0.15) is 0 Å². The quantitative estimate of drug-likeness (QED) is 0.204. The molecule has 0 N–H and O–H groups in total. The number of pyridine rings is 1. The van der Waals surface area contributed by atoms with Gasteiger partial charge in [-0.3, -0.25) is 4.98 Å². The molecule has 0 radical (unpaired) electrons. The van der Waals surface area contributed by atoms with Crippen molar-refractivity contribution in [1.29, 1.82) is 0 Å². The van der Waals surface area contributed by atoms with E-state index in [1.54, 1.807) is 0 Å². The number of para-hydroxylation sites is 4. The van der Waals surface area contributed by atoms with Gasteiger partial charge in [0.05, 0.1) is 11.0 Å². The third kappa shape index (κ3) is 4.11. The van der Waals surface area contributed by atoms with Crippen LogP contribution < -0.4 is 4.90 Å². The maximum atomic E-state index is 6.31. The molecule has 212 valence electrons. The highest BCUT2D eigenvalue weighted by Crippen LogP contribution is 2.40. The van der Waals surface area contributed by atoms with Crippen LogP contribution >= 0.6 is 0 Å². The third-order valence-electron chi connectivity index (χ3n) is 8.66.